The lowest BCUT2D eigenvalue weighted by molar-refractivity contribution is 0.0691. The molecule has 3 rings (SSSR count). The third-order valence-electron chi connectivity index (χ3n) is 4.86. The van der Waals surface area contributed by atoms with Crippen molar-refractivity contribution >= 4 is 42.2 Å². The van der Waals surface area contributed by atoms with Crippen LogP contribution in [0.4, 0.5) is 11.5 Å². The van der Waals surface area contributed by atoms with Crippen molar-refractivity contribution in [2.75, 3.05) is 38.6 Å². The molecule has 0 radical (unpaired) electrons. The van der Waals surface area contributed by atoms with Gasteiger partial charge in [-0.2, -0.15) is 0 Å². The summed E-state index contributed by atoms with van der Waals surface area (Å²) < 4.78 is 5.47. The second-order valence-electron chi connectivity index (χ2n) is 6.78. The molecule has 1 aromatic carbocycles. The Morgan fingerprint density at radius 3 is 2.48 bits per heavy atom. The quantitative estimate of drug-likeness (QED) is 0.676. The lowest BCUT2D eigenvalue weighted by Gasteiger charge is -2.32. The highest BCUT2D eigenvalue weighted by Crippen LogP contribution is 2.24. The highest BCUT2D eigenvalue weighted by molar-refractivity contribution is 5.99. The molecule has 0 unspecified atom stereocenters. The number of amides is 1. The van der Waals surface area contributed by atoms with Gasteiger partial charge in [-0.15, -0.1) is 24.8 Å². The van der Waals surface area contributed by atoms with E-state index in [0.717, 1.165) is 43.9 Å². The Hall–Kier alpha value is -2.02. The number of halogens is 2. The van der Waals surface area contributed by atoms with Crippen LogP contribution < -0.4 is 15.4 Å². The topological polar surface area (TPSA) is 66.5 Å². The van der Waals surface area contributed by atoms with Gasteiger partial charge in [0.05, 0.1) is 12.2 Å². The van der Waals surface area contributed by atoms with E-state index in [1.54, 1.807) is 6.20 Å². The van der Waals surface area contributed by atoms with Gasteiger partial charge in [0.15, 0.2) is 0 Å². The fraction of sp³-hybridized carbons (Fsp3) is 0.429. The third kappa shape index (κ3) is 6.77. The van der Waals surface area contributed by atoms with Crippen molar-refractivity contribution in [1.29, 1.82) is 0 Å². The maximum Gasteiger partial charge on any atom is 0.257 e. The number of carbonyl (C=O) groups excluding carboxylic acids is 1. The molecule has 2 heterocycles. The van der Waals surface area contributed by atoms with Crippen LogP contribution in [0.3, 0.4) is 0 Å². The number of pyridine rings is 1. The van der Waals surface area contributed by atoms with Gasteiger partial charge in [0.25, 0.3) is 5.91 Å². The van der Waals surface area contributed by atoms with Gasteiger partial charge in [-0.1, -0.05) is 0 Å². The summed E-state index contributed by atoms with van der Waals surface area (Å²) in [4.78, 5) is 19.4. The van der Waals surface area contributed by atoms with E-state index in [-0.39, 0.29) is 30.7 Å². The number of piperidine rings is 1. The highest BCUT2D eigenvalue weighted by Gasteiger charge is 2.25. The number of benzene rings is 1. The SMILES string of the molecule is CCOc1ccc(Nc2ncccc2C(=O)N2CCC(CNC)CC2)cc1.Cl.Cl. The number of likely N-dealkylation sites (tertiary alicyclic amines) is 1. The third-order valence-corrected chi connectivity index (χ3v) is 4.86. The summed E-state index contributed by atoms with van der Waals surface area (Å²) in [6.45, 7) is 5.20. The fourth-order valence-electron chi connectivity index (χ4n) is 3.41. The van der Waals surface area contributed by atoms with Crippen molar-refractivity contribution in [3.63, 3.8) is 0 Å². The van der Waals surface area contributed by atoms with E-state index in [0.29, 0.717) is 23.9 Å². The van der Waals surface area contributed by atoms with Crippen molar-refractivity contribution in [2.45, 2.75) is 19.8 Å². The first-order valence-corrected chi connectivity index (χ1v) is 9.60. The molecule has 1 aliphatic rings. The standard InChI is InChI=1S/C21H28N4O2.2ClH/c1-3-27-18-8-6-17(7-9-18)24-20-19(5-4-12-23-20)21(26)25-13-10-16(11-14-25)15-22-2;;/h4-9,12,16,22H,3,10-11,13-15H2,1-2H3,(H,23,24);2*1H. The number of carbonyl (C=O) groups is 1. The first kappa shape index (κ1) is 25.0. The molecule has 0 atom stereocenters. The van der Waals surface area contributed by atoms with Crippen LogP contribution in [-0.4, -0.2) is 49.1 Å². The Labute approximate surface area is 185 Å². The van der Waals surface area contributed by atoms with Gasteiger partial charge in [-0.05, 0) is 75.7 Å². The van der Waals surface area contributed by atoms with Gasteiger partial charge < -0.3 is 20.3 Å². The van der Waals surface area contributed by atoms with Crippen LogP contribution in [0.5, 0.6) is 5.75 Å². The Morgan fingerprint density at radius 1 is 1.17 bits per heavy atom. The van der Waals surface area contributed by atoms with E-state index in [1.165, 1.54) is 0 Å². The summed E-state index contributed by atoms with van der Waals surface area (Å²) in [5.41, 5.74) is 1.48. The number of ether oxygens (including phenoxy) is 1. The number of hydrogen-bond donors (Lipinski definition) is 2. The average molecular weight is 441 g/mol. The van der Waals surface area contributed by atoms with Crippen LogP contribution >= 0.6 is 24.8 Å². The van der Waals surface area contributed by atoms with Gasteiger partial charge in [-0.25, -0.2) is 4.98 Å². The van der Waals surface area contributed by atoms with Crippen LogP contribution in [0.25, 0.3) is 0 Å². The molecule has 29 heavy (non-hydrogen) atoms. The zero-order valence-corrected chi connectivity index (χ0v) is 18.5. The van der Waals surface area contributed by atoms with E-state index in [2.05, 4.69) is 15.6 Å². The van der Waals surface area contributed by atoms with Gasteiger partial charge in [-0.3, -0.25) is 4.79 Å². The van der Waals surface area contributed by atoms with Crippen molar-refractivity contribution in [3.8, 4) is 5.75 Å². The summed E-state index contributed by atoms with van der Waals surface area (Å²) >= 11 is 0. The van der Waals surface area contributed by atoms with Crippen molar-refractivity contribution < 1.29 is 9.53 Å². The zero-order valence-electron chi connectivity index (χ0n) is 16.9. The molecular formula is C21H30Cl2N4O2. The molecule has 6 nitrogen and oxygen atoms in total. The predicted molar refractivity (Wildman–Crippen MR) is 122 cm³/mol. The number of nitrogens with one attached hydrogen (secondary N) is 2. The molecule has 0 bridgehead atoms. The monoisotopic (exact) mass is 440 g/mol. The minimum Gasteiger partial charge on any atom is -0.494 e. The van der Waals surface area contributed by atoms with Crippen LogP contribution in [-0.2, 0) is 0 Å². The lowest BCUT2D eigenvalue weighted by Crippen LogP contribution is -2.40. The largest absolute Gasteiger partial charge is 0.494 e. The summed E-state index contributed by atoms with van der Waals surface area (Å²) in [5, 5.41) is 6.50. The molecule has 1 fully saturated rings. The van der Waals surface area contributed by atoms with E-state index < -0.39 is 0 Å². The van der Waals surface area contributed by atoms with Gasteiger partial charge >= 0.3 is 0 Å². The number of aromatic nitrogens is 1. The Bertz CT molecular complexity index is 751. The number of anilines is 2. The van der Waals surface area contributed by atoms with E-state index in [1.807, 2.05) is 55.3 Å². The molecule has 0 aliphatic carbocycles. The average Bonchev–Trinajstić information content (AvgIpc) is 2.70. The minimum atomic E-state index is 0. The lowest BCUT2D eigenvalue weighted by atomic mass is 9.96. The number of rotatable bonds is 7. The molecule has 2 aromatic rings. The molecule has 1 saturated heterocycles. The smallest absolute Gasteiger partial charge is 0.257 e. The summed E-state index contributed by atoms with van der Waals surface area (Å²) in [5.74, 6) is 2.10. The van der Waals surface area contributed by atoms with Crippen LogP contribution in [0, 0.1) is 5.92 Å². The van der Waals surface area contributed by atoms with Gasteiger partial charge in [0.1, 0.15) is 11.6 Å². The number of nitrogens with zero attached hydrogens (tertiary/aromatic N) is 2. The molecule has 160 valence electrons. The second-order valence-corrected chi connectivity index (χ2v) is 6.78. The second kappa shape index (κ2) is 12.5. The first-order chi connectivity index (χ1) is 13.2. The Morgan fingerprint density at radius 2 is 1.86 bits per heavy atom. The minimum absolute atomic E-state index is 0. The normalized spacial score (nSPS) is 13.8. The predicted octanol–water partition coefficient (Wildman–Crippen LogP) is 4.14. The maximum atomic E-state index is 13.0. The highest BCUT2D eigenvalue weighted by atomic mass is 35.5. The molecule has 8 heteroatoms. The van der Waals surface area contributed by atoms with Crippen molar-refractivity contribution in [1.82, 2.24) is 15.2 Å². The van der Waals surface area contributed by atoms with Crippen molar-refractivity contribution in [2.24, 2.45) is 5.92 Å². The van der Waals surface area contributed by atoms with Crippen LogP contribution in [0.1, 0.15) is 30.1 Å². The number of hydrogen-bond acceptors (Lipinski definition) is 5. The van der Waals surface area contributed by atoms with E-state index >= 15 is 0 Å². The maximum absolute atomic E-state index is 13.0. The molecule has 0 saturated carbocycles. The Kier molecular flexibility index (Phi) is 10.8. The molecule has 1 aliphatic heterocycles. The zero-order chi connectivity index (χ0) is 19.1. The first-order valence-electron chi connectivity index (χ1n) is 9.60. The van der Waals surface area contributed by atoms with E-state index in [4.69, 9.17) is 4.74 Å². The Balaban J connectivity index is 0.00000210. The summed E-state index contributed by atoms with van der Waals surface area (Å²) in [6, 6.07) is 11.3. The molecule has 1 aromatic heterocycles. The molecular weight excluding hydrogens is 411 g/mol. The summed E-state index contributed by atoms with van der Waals surface area (Å²) in [6.07, 6.45) is 3.77. The van der Waals surface area contributed by atoms with Crippen molar-refractivity contribution in [3.05, 3.63) is 48.2 Å². The fourth-order valence-corrected chi connectivity index (χ4v) is 3.41. The van der Waals surface area contributed by atoms with Crippen LogP contribution in [0.2, 0.25) is 0 Å². The van der Waals surface area contributed by atoms with Gasteiger partial charge in [0.2, 0.25) is 0 Å². The summed E-state index contributed by atoms with van der Waals surface area (Å²) in [7, 11) is 1.98. The van der Waals surface area contributed by atoms with Gasteiger partial charge in [0, 0.05) is 25.0 Å². The molecule has 2 N–H and O–H groups in total. The van der Waals surface area contributed by atoms with Crippen LogP contribution in [0.15, 0.2) is 42.6 Å². The van der Waals surface area contributed by atoms with E-state index in [9.17, 15) is 4.79 Å². The molecule has 0 spiro atoms. The molecule has 1 amide bonds.